The molecule has 0 spiro atoms. The molecular formula is C24H78KN5Si8. The van der Waals surface area contributed by atoms with Crippen molar-refractivity contribution < 1.29 is 51.4 Å². The van der Waals surface area contributed by atoms with Crippen LogP contribution in [0.3, 0.4) is 0 Å². The molecule has 0 aliphatic heterocycles. The first-order valence-corrected chi connectivity index (χ1v) is 41.8. The molecule has 0 heterocycles. The van der Waals surface area contributed by atoms with Gasteiger partial charge in [0.05, 0.1) is 0 Å². The maximum Gasteiger partial charge on any atom is 1.00 e. The van der Waals surface area contributed by atoms with Crippen LogP contribution in [0.25, 0.3) is 4.65 Å². The Labute approximate surface area is 295 Å². The number of hydrogen-bond acceptors (Lipinski definition) is 4. The summed E-state index contributed by atoms with van der Waals surface area (Å²) in [5.74, 6) is 0. The van der Waals surface area contributed by atoms with Crippen molar-refractivity contribution in [1.29, 1.82) is 0 Å². The Morgan fingerprint density at radius 1 is 0.289 bits per heavy atom. The van der Waals surface area contributed by atoms with E-state index in [-0.39, 0.29) is 57.5 Å². The van der Waals surface area contributed by atoms with Crippen LogP contribution in [0.1, 0.15) is 0 Å². The van der Waals surface area contributed by atoms with E-state index in [1.807, 2.05) is 0 Å². The molecule has 0 radical (unpaired) electrons. The Bertz CT molecular complexity index is 419. The molecule has 6 N–H and O–H groups in total. The van der Waals surface area contributed by atoms with E-state index in [1.165, 1.54) is 0 Å². The van der Waals surface area contributed by atoms with Gasteiger partial charge in [-0.05, 0) is 0 Å². The molecule has 0 aromatic carbocycles. The van der Waals surface area contributed by atoms with Gasteiger partial charge in [-0.1, -0.05) is 174 Å². The summed E-state index contributed by atoms with van der Waals surface area (Å²) in [6.07, 6.45) is 0. The molecule has 38 heavy (non-hydrogen) atoms. The van der Waals surface area contributed by atoms with E-state index in [0.717, 1.165) is 0 Å². The zero-order valence-corrected chi connectivity index (χ0v) is 42.8. The first kappa shape index (κ1) is 53.7. The SMILES string of the molecule is C[Si](C)(C)N[Si](C)(C)C.C[Si](C)(C)N[Si](C)(C)C.C[Si](C)(C)N[Si](C)(C)C.C[Si](C)(C)[N-][Si](C)(C)C.N.[K+]. The Morgan fingerprint density at radius 2 is 0.395 bits per heavy atom. The molecule has 0 fully saturated rings. The summed E-state index contributed by atoms with van der Waals surface area (Å²) in [6, 6.07) is 0. The largest absolute Gasteiger partial charge is 1.00 e. The van der Waals surface area contributed by atoms with Crippen molar-refractivity contribution in [2.24, 2.45) is 0 Å². The van der Waals surface area contributed by atoms with E-state index in [2.05, 4.69) is 171 Å². The predicted octanol–water partition coefficient (Wildman–Crippen LogP) is 6.93. The molecular weight excluding hydrogens is 622 g/mol. The third-order valence-electron chi connectivity index (χ3n) is 2.92. The normalized spacial score (nSPS) is 13.3. The third-order valence-corrected chi connectivity index (χ3v) is 26.3. The van der Waals surface area contributed by atoms with Gasteiger partial charge in [0.15, 0.2) is 0 Å². The fourth-order valence-electron chi connectivity index (χ4n) is 4.38. The van der Waals surface area contributed by atoms with E-state index in [9.17, 15) is 0 Å². The Kier molecular flexibility index (Phi) is 28.6. The fourth-order valence-corrected chi connectivity index (χ4v) is 39.4. The first-order valence-electron chi connectivity index (χ1n) is 13.9. The summed E-state index contributed by atoms with van der Waals surface area (Å²) in [7, 11) is -8.10. The molecule has 0 rings (SSSR count). The Hall–Kier alpha value is 3.17. The van der Waals surface area contributed by atoms with Crippen molar-refractivity contribution in [3.63, 3.8) is 0 Å². The standard InChI is InChI=1S/3C6H19NSi2.C6H18NSi2.K.H3N/c4*1-8(2,3)7-9(4,5)6;;/h3*7H,1-6H3;1-6H3;;1H3/q;;;-1;+1;. The number of nitrogens with zero attached hydrogens (tertiary/aromatic N) is 1. The molecule has 0 bridgehead atoms. The zero-order valence-electron chi connectivity index (χ0n) is 31.7. The molecule has 14 heteroatoms. The predicted molar refractivity (Wildman–Crippen MR) is 205 cm³/mol. The summed E-state index contributed by atoms with van der Waals surface area (Å²) in [5.41, 5.74) is 0. The molecule has 0 saturated carbocycles. The summed E-state index contributed by atoms with van der Waals surface area (Å²) >= 11 is 0. The van der Waals surface area contributed by atoms with Crippen LogP contribution in [0.4, 0.5) is 0 Å². The maximum absolute atomic E-state index is 4.82. The topological polar surface area (TPSA) is 85.2 Å². The van der Waals surface area contributed by atoms with Crippen molar-refractivity contribution >= 4 is 65.9 Å². The summed E-state index contributed by atoms with van der Waals surface area (Å²) in [6.45, 7) is 56.1. The van der Waals surface area contributed by atoms with Crippen LogP contribution in [0.2, 0.25) is 157 Å². The molecule has 0 unspecified atom stereocenters. The molecule has 0 aromatic rings. The maximum atomic E-state index is 4.82. The Morgan fingerprint density at radius 3 is 0.395 bits per heavy atom. The van der Waals surface area contributed by atoms with Crippen LogP contribution in [-0.2, 0) is 0 Å². The van der Waals surface area contributed by atoms with E-state index < -0.39 is 65.9 Å². The van der Waals surface area contributed by atoms with Crippen LogP contribution in [0, 0.1) is 0 Å². The molecule has 0 atom stereocenters. The van der Waals surface area contributed by atoms with Crippen molar-refractivity contribution in [3.8, 4) is 0 Å². The van der Waals surface area contributed by atoms with Gasteiger partial charge in [-0.15, -0.1) is 0 Å². The average Bonchev–Trinajstić information content (AvgIpc) is 2.19. The smallest absolute Gasteiger partial charge is 0.668 e. The van der Waals surface area contributed by atoms with Crippen LogP contribution in [-0.4, -0.2) is 65.9 Å². The van der Waals surface area contributed by atoms with E-state index >= 15 is 0 Å². The monoisotopic (exact) mass is 699 g/mol. The molecule has 0 aliphatic carbocycles. The second kappa shape index (κ2) is 20.3. The second-order valence-corrected chi connectivity index (χ2v) is 57.9. The first-order chi connectivity index (χ1) is 14.8. The van der Waals surface area contributed by atoms with Gasteiger partial charge in [-0.3, -0.25) is 0 Å². The Balaban J connectivity index is -0.0000000883. The van der Waals surface area contributed by atoms with Crippen LogP contribution < -0.4 is 71.5 Å². The van der Waals surface area contributed by atoms with Gasteiger partial charge >= 0.3 is 51.4 Å². The third kappa shape index (κ3) is 77.3. The molecule has 0 aromatic heterocycles. The number of nitrogens with one attached hydrogen (secondary N) is 3. The molecule has 5 nitrogen and oxygen atoms in total. The number of rotatable bonds is 8. The number of hydrogen-bond donors (Lipinski definition) is 4. The minimum Gasteiger partial charge on any atom is -0.668 e. The van der Waals surface area contributed by atoms with Gasteiger partial charge in [-0.25, -0.2) is 0 Å². The minimum absolute atomic E-state index is 0. The molecule has 0 saturated heterocycles. The summed E-state index contributed by atoms with van der Waals surface area (Å²) < 4.78 is 16.0. The summed E-state index contributed by atoms with van der Waals surface area (Å²) in [5, 5.41) is 0. The minimum atomic E-state index is -1.11. The van der Waals surface area contributed by atoms with Gasteiger partial charge in [0.25, 0.3) is 0 Å². The average molecular weight is 701 g/mol. The zero-order chi connectivity index (χ0) is 30.8. The van der Waals surface area contributed by atoms with Crippen molar-refractivity contribution in [2.75, 3.05) is 0 Å². The van der Waals surface area contributed by atoms with E-state index in [1.54, 1.807) is 0 Å². The van der Waals surface area contributed by atoms with Crippen molar-refractivity contribution in [1.82, 2.24) is 20.1 Å². The van der Waals surface area contributed by atoms with Crippen LogP contribution in [0.15, 0.2) is 0 Å². The molecule has 0 amide bonds. The summed E-state index contributed by atoms with van der Waals surface area (Å²) in [4.78, 5) is 0. The quantitative estimate of drug-likeness (QED) is 0.207. The van der Waals surface area contributed by atoms with E-state index in [4.69, 9.17) is 4.65 Å². The second-order valence-electron chi connectivity index (χ2n) is 18.3. The molecule has 232 valence electrons. The fraction of sp³-hybridized carbons (Fsp3) is 1.00. The van der Waals surface area contributed by atoms with Crippen molar-refractivity contribution in [3.05, 3.63) is 4.65 Å². The van der Waals surface area contributed by atoms with Crippen LogP contribution in [0.5, 0.6) is 0 Å². The van der Waals surface area contributed by atoms with Crippen LogP contribution >= 0.6 is 0 Å². The van der Waals surface area contributed by atoms with Crippen molar-refractivity contribution in [2.45, 2.75) is 157 Å². The molecule has 0 aliphatic rings. The van der Waals surface area contributed by atoms with Gasteiger partial charge in [0.1, 0.15) is 49.4 Å². The van der Waals surface area contributed by atoms with E-state index in [0.29, 0.717) is 0 Å². The van der Waals surface area contributed by atoms with Gasteiger partial charge < -0.3 is 24.7 Å². The van der Waals surface area contributed by atoms with Gasteiger partial charge in [0, 0.05) is 0 Å². The van der Waals surface area contributed by atoms with Gasteiger partial charge in [0.2, 0.25) is 0 Å². The van der Waals surface area contributed by atoms with Gasteiger partial charge in [-0.2, -0.15) is 0 Å².